The Morgan fingerprint density at radius 2 is 1.97 bits per heavy atom. The lowest BCUT2D eigenvalue weighted by Crippen LogP contribution is -2.29. The Kier molecular flexibility index (Phi) is 7.43. The molecule has 0 radical (unpaired) electrons. The lowest BCUT2D eigenvalue weighted by molar-refractivity contribution is 0.427. The zero-order chi connectivity index (χ0) is 26.9. The topological polar surface area (TPSA) is 68.5 Å². The molecule has 7 heteroatoms. The Hall–Kier alpha value is -3.39. The first-order valence-corrected chi connectivity index (χ1v) is 15.3. The van der Waals surface area contributed by atoms with E-state index >= 15 is 0 Å². The predicted molar refractivity (Wildman–Crippen MR) is 164 cm³/mol. The molecule has 1 saturated heterocycles. The number of H-pyrrole nitrogens is 2. The quantitative estimate of drug-likeness (QED) is 0.260. The average molecular weight is 530 g/mol. The number of halogens is 1. The van der Waals surface area contributed by atoms with Gasteiger partial charge in [-0.2, -0.15) is 14.5 Å². The molecule has 0 aliphatic carbocycles. The molecule has 0 amide bonds. The minimum absolute atomic E-state index is 0.264. The highest BCUT2D eigenvalue weighted by molar-refractivity contribution is 8.25. The van der Waals surface area contributed by atoms with Crippen LogP contribution >= 0.6 is 9.39 Å². The first kappa shape index (κ1) is 26.2. The van der Waals surface area contributed by atoms with Crippen molar-refractivity contribution in [1.82, 2.24) is 25.2 Å². The first-order valence-electron chi connectivity index (χ1n) is 12.9. The summed E-state index contributed by atoms with van der Waals surface area (Å²) in [6.45, 7) is 8.91. The smallest absolute Gasteiger partial charge is 0.124 e. The number of rotatable bonds is 7. The summed E-state index contributed by atoms with van der Waals surface area (Å²) in [4.78, 5) is 3.54. The van der Waals surface area contributed by atoms with Crippen molar-refractivity contribution in [2.24, 2.45) is 5.92 Å². The standard InChI is InChI=1S/C31H36FN5S/c1-6-22(23-10-12-33-13-11-23)17-27-20(2)36-37-31(27)30-18-28-26(8-7-9-29(28)35-30)24-14-21(15-25(32)16-24)19-34-38(3,4)5/h6-9,14-18,23,33-36H,2-4,10-13,19H2,1,5H3/b22-6+,27-17+. The molecule has 2 aromatic heterocycles. The van der Waals surface area contributed by atoms with Crippen LogP contribution in [0.5, 0.6) is 0 Å². The van der Waals surface area contributed by atoms with Crippen LogP contribution in [-0.2, 0) is 6.54 Å². The van der Waals surface area contributed by atoms with Crippen LogP contribution in [0.1, 0.15) is 25.3 Å². The number of fused-ring (bicyclic) bond motifs is 1. The molecule has 5 rings (SSSR count). The van der Waals surface area contributed by atoms with E-state index in [-0.39, 0.29) is 5.82 Å². The van der Waals surface area contributed by atoms with E-state index in [9.17, 15) is 4.39 Å². The largest absolute Gasteiger partial charge is 0.353 e. The summed E-state index contributed by atoms with van der Waals surface area (Å²) in [6.07, 6.45) is 8.66. The van der Waals surface area contributed by atoms with Crippen LogP contribution in [0.2, 0.25) is 0 Å². The van der Waals surface area contributed by atoms with Crippen molar-refractivity contribution in [1.29, 1.82) is 0 Å². The zero-order valence-electron chi connectivity index (χ0n) is 22.2. The van der Waals surface area contributed by atoms with Gasteiger partial charge in [0.05, 0.1) is 11.0 Å². The number of nitrogens with one attached hydrogen (secondary N) is 4. The van der Waals surface area contributed by atoms with Crippen LogP contribution in [0.4, 0.5) is 4.39 Å². The Bertz CT molecular complexity index is 1720. The van der Waals surface area contributed by atoms with Gasteiger partial charge in [0, 0.05) is 22.7 Å². The predicted octanol–water partition coefficient (Wildman–Crippen LogP) is 4.80. The van der Waals surface area contributed by atoms with Crippen molar-refractivity contribution in [2.45, 2.75) is 26.3 Å². The van der Waals surface area contributed by atoms with Crippen molar-refractivity contribution < 1.29 is 4.39 Å². The van der Waals surface area contributed by atoms with Gasteiger partial charge >= 0.3 is 0 Å². The van der Waals surface area contributed by atoms with Gasteiger partial charge in [0.1, 0.15) is 11.5 Å². The number of benzene rings is 2. The average Bonchev–Trinajstić information content (AvgIpc) is 3.48. The Labute approximate surface area is 224 Å². The number of aromatic nitrogens is 3. The fourth-order valence-corrected chi connectivity index (χ4v) is 5.72. The number of allylic oxidation sites excluding steroid dienone is 2. The molecule has 1 aliphatic heterocycles. The highest BCUT2D eigenvalue weighted by Gasteiger charge is 2.17. The molecule has 5 nitrogen and oxygen atoms in total. The van der Waals surface area contributed by atoms with Crippen LogP contribution in [-0.4, -0.2) is 46.3 Å². The second-order valence-electron chi connectivity index (χ2n) is 10.3. The van der Waals surface area contributed by atoms with E-state index < -0.39 is 9.39 Å². The lowest BCUT2D eigenvalue weighted by Gasteiger charge is -2.23. The third-order valence-electron chi connectivity index (χ3n) is 7.15. The summed E-state index contributed by atoms with van der Waals surface area (Å²) in [5, 5.41) is 14.0. The molecular formula is C31H36FN5S. The molecule has 0 unspecified atom stereocenters. The van der Waals surface area contributed by atoms with Crippen molar-refractivity contribution in [2.75, 3.05) is 19.3 Å². The lowest BCUT2D eigenvalue weighted by atomic mass is 9.89. The van der Waals surface area contributed by atoms with Crippen LogP contribution < -0.4 is 20.6 Å². The molecule has 0 saturated carbocycles. The first-order chi connectivity index (χ1) is 18.2. The summed E-state index contributed by atoms with van der Waals surface area (Å²) in [5.74, 6) is 8.39. The maximum atomic E-state index is 14.7. The highest BCUT2D eigenvalue weighted by Crippen LogP contribution is 2.32. The van der Waals surface area contributed by atoms with Crippen molar-refractivity contribution in [3.05, 3.63) is 76.1 Å². The summed E-state index contributed by atoms with van der Waals surface area (Å²) in [5.41, 5.74) is 6.68. The Balaban J connectivity index is 1.56. The van der Waals surface area contributed by atoms with Gasteiger partial charge in [-0.15, -0.1) is 0 Å². The molecule has 0 bridgehead atoms. The Morgan fingerprint density at radius 3 is 2.71 bits per heavy atom. The van der Waals surface area contributed by atoms with Crippen LogP contribution in [0.15, 0.2) is 54.1 Å². The summed E-state index contributed by atoms with van der Waals surface area (Å²) >= 11 is 0. The minimum Gasteiger partial charge on any atom is -0.353 e. The third kappa shape index (κ3) is 5.70. The van der Waals surface area contributed by atoms with E-state index in [1.807, 2.05) is 30.5 Å². The van der Waals surface area contributed by atoms with Gasteiger partial charge in [-0.25, -0.2) is 4.39 Å². The van der Waals surface area contributed by atoms with Gasteiger partial charge < -0.3 is 10.3 Å². The van der Waals surface area contributed by atoms with Crippen LogP contribution in [0.3, 0.4) is 0 Å². The fraction of sp³-hybridized carbons (Fsp3) is 0.258. The molecule has 4 aromatic rings. The van der Waals surface area contributed by atoms with Gasteiger partial charge in [-0.05, 0) is 104 Å². The maximum absolute atomic E-state index is 14.7. The minimum atomic E-state index is -1.40. The van der Waals surface area contributed by atoms with E-state index in [2.05, 4.69) is 68.7 Å². The van der Waals surface area contributed by atoms with Gasteiger partial charge in [-0.3, -0.25) is 9.82 Å². The highest BCUT2D eigenvalue weighted by atomic mass is 32.2. The number of aromatic amines is 2. The SMILES string of the molecule is C=c1[nH]nc(-c2cc3c(-c4cc(F)cc(CNS(=C)(=C)C)c4)cccc3[nH]2)/c1=C/C(=C\C)C1CCNCC1. The van der Waals surface area contributed by atoms with E-state index in [1.54, 1.807) is 12.1 Å². The summed E-state index contributed by atoms with van der Waals surface area (Å²) in [6, 6.07) is 13.3. The molecule has 0 atom stereocenters. The van der Waals surface area contributed by atoms with E-state index in [1.165, 1.54) is 5.57 Å². The zero-order valence-corrected chi connectivity index (χ0v) is 23.0. The molecule has 38 heavy (non-hydrogen) atoms. The molecule has 198 valence electrons. The van der Waals surface area contributed by atoms with E-state index in [4.69, 9.17) is 0 Å². The van der Waals surface area contributed by atoms with Gasteiger partial charge in [0.25, 0.3) is 0 Å². The summed E-state index contributed by atoms with van der Waals surface area (Å²) < 4.78 is 18.0. The summed E-state index contributed by atoms with van der Waals surface area (Å²) in [7, 11) is -1.40. The molecule has 1 fully saturated rings. The molecule has 2 aromatic carbocycles. The fourth-order valence-electron chi connectivity index (χ4n) is 5.21. The molecule has 0 spiro atoms. The molecule has 4 N–H and O–H groups in total. The van der Waals surface area contributed by atoms with E-state index in [0.717, 1.165) is 75.5 Å². The Morgan fingerprint density at radius 1 is 1.18 bits per heavy atom. The number of nitrogens with zero attached hydrogens (tertiary/aromatic N) is 1. The van der Waals surface area contributed by atoms with Gasteiger partial charge in [0.15, 0.2) is 0 Å². The normalized spacial score (nSPS) is 16.0. The van der Waals surface area contributed by atoms with Gasteiger partial charge in [-0.1, -0.05) is 36.5 Å². The number of hydrogen-bond donors (Lipinski definition) is 4. The molecule has 1 aliphatic rings. The number of hydrogen-bond acceptors (Lipinski definition) is 3. The second kappa shape index (κ2) is 10.8. The van der Waals surface area contributed by atoms with Gasteiger partial charge in [0.2, 0.25) is 0 Å². The van der Waals surface area contributed by atoms with Crippen LogP contribution in [0.25, 0.3) is 46.1 Å². The maximum Gasteiger partial charge on any atom is 0.124 e. The molecule has 3 heterocycles. The monoisotopic (exact) mass is 529 g/mol. The number of piperidine rings is 1. The second-order valence-corrected chi connectivity index (χ2v) is 13.2. The molecular weight excluding hydrogens is 493 g/mol. The third-order valence-corrected chi connectivity index (χ3v) is 7.99. The van der Waals surface area contributed by atoms with Crippen molar-refractivity contribution in [3.8, 4) is 22.5 Å². The van der Waals surface area contributed by atoms with Crippen molar-refractivity contribution in [3.63, 3.8) is 0 Å². The van der Waals surface area contributed by atoms with Crippen molar-refractivity contribution >= 4 is 44.7 Å². The van der Waals surface area contributed by atoms with Crippen LogP contribution in [0, 0.1) is 11.7 Å². The van der Waals surface area contributed by atoms with E-state index in [0.29, 0.717) is 12.5 Å².